The number of nitrogens with zero attached hydrogens (tertiary/aromatic N) is 2. The Balaban J connectivity index is 1.42. The summed E-state index contributed by atoms with van der Waals surface area (Å²) in [5.74, 6) is 1.61. The van der Waals surface area contributed by atoms with E-state index in [0.717, 1.165) is 44.0 Å². The normalized spacial score (nSPS) is 11.1. The van der Waals surface area contributed by atoms with Crippen LogP contribution in [0.3, 0.4) is 0 Å². The van der Waals surface area contributed by atoms with Crippen molar-refractivity contribution in [2.24, 2.45) is 0 Å². The van der Waals surface area contributed by atoms with E-state index in [-0.39, 0.29) is 0 Å². The van der Waals surface area contributed by atoms with Crippen LogP contribution >= 0.6 is 35.0 Å². The third-order valence-corrected chi connectivity index (χ3v) is 6.71. The van der Waals surface area contributed by atoms with Gasteiger partial charge in [-0.3, -0.25) is 4.57 Å². The lowest BCUT2D eigenvalue weighted by Crippen LogP contribution is -1.98. The molecule has 0 bridgehead atoms. The third kappa shape index (κ3) is 5.19. The summed E-state index contributed by atoms with van der Waals surface area (Å²) in [7, 11) is 0. The zero-order chi connectivity index (χ0) is 22.6. The van der Waals surface area contributed by atoms with Crippen LogP contribution in [0.25, 0.3) is 16.7 Å². The Bertz CT molecular complexity index is 1370. The molecule has 6 heteroatoms. The molecule has 0 spiro atoms. The summed E-state index contributed by atoms with van der Waals surface area (Å²) in [5, 5.41) is 2.31. The molecular weight excluding hydrogens is 471 g/mol. The molecule has 0 fully saturated rings. The van der Waals surface area contributed by atoms with Crippen molar-refractivity contribution in [3.05, 3.63) is 118 Å². The Hall–Kier alpha value is -2.92. The van der Waals surface area contributed by atoms with E-state index in [1.165, 1.54) is 5.56 Å². The van der Waals surface area contributed by atoms with E-state index in [9.17, 15) is 0 Å². The summed E-state index contributed by atoms with van der Waals surface area (Å²) in [6.45, 7) is 0.537. The van der Waals surface area contributed by atoms with Gasteiger partial charge >= 0.3 is 0 Å². The second-order valence-corrected chi connectivity index (χ2v) is 9.36. The monoisotopic (exact) mass is 490 g/mol. The Morgan fingerprint density at radius 1 is 0.758 bits per heavy atom. The topological polar surface area (TPSA) is 27.1 Å². The smallest absolute Gasteiger partial charge is 0.174 e. The molecule has 0 N–H and O–H groups in total. The standard InChI is InChI=1S/C27H20Cl2N2OS/c28-21-8-6-20(7-9-21)18-33-27-30-25-16-22(29)10-15-26(25)31(27)23-11-13-24(14-12-23)32-17-19-4-2-1-3-5-19/h1-16H,17-18H2. The van der Waals surface area contributed by atoms with Crippen molar-refractivity contribution >= 4 is 46.0 Å². The van der Waals surface area contributed by atoms with Crippen LogP contribution in [0.2, 0.25) is 10.0 Å². The molecular formula is C27H20Cl2N2OS. The average molecular weight is 491 g/mol. The van der Waals surface area contributed by atoms with Gasteiger partial charge in [0.05, 0.1) is 11.0 Å². The number of rotatable bonds is 7. The van der Waals surface area contributed by atoms with Crippen LogP contribution in [-0.2, 0) is 12.4 Å². The second kappa shape index (κ2) is 9.92. The van der Waals surface area contributed by atoms with Crippen molar-refractivity contribution < 1.29 is 4.74 Å². The molecule has 0 atom stereocenters. The lowest BCUT2D eigenvalue weighted by atomic mass is 10.2. The van der Waals surface area contributed by atoms with E-state index in [1.54, 1.807) is 11.8 Å². The van der Waals surface area contributed by atoms with Gasteiger partial charge < -0.3 is 4.74 Å². The van der Waals surface area contributed by atoms with Gasteiger partial charge in [-0.15, -0.1) is 0 Å². The molecule has 0 saturated carbocycles. The summed E-state index contributed by atoms with van der Waals surface area (Å²) in [4.78, 5) is 4.87. The Labute approximate surface area is 206 Å². The molecule has 0 aliphatic heterocycles. The molecule has 4 aromatic carbocycles. The van der Waals surface area contributed by atoms with Gasteiger partial charge in [0.25, 0.3) is 0 Å². The maximum atomic E-state index is 6.24. The van der Waals surface area contributed by atoms with Gasteiger partial charge in [-0.25, -0.2) is 4.98 Å². The minimum absolute atomic E-state index is 0.537. The minimum Gasteiger partial charge on any atom is -0.489 e. The highest BCUT2D eigenvalue weighted by Gasteiger charge is 2.14. The SMILES string of the molecule is Clc1ccc(CSc2nc3cc(Cl)ccc3n2-c2ccc(OCc3ccccc3)cc2)cc1. The first-order valence-corrected chi connectivity index (χ1v) is 12.2. The van der Waals surface area contributed by atoms with Crippen LogP contribution in [0.5, 0.6) is 5.75 Å². The molecule has 33 heavy (non-hydrogen) atoms. The minimum atomic E-state index is 0.537. The Kier molecular flexibility index (Phi) is 6.58. The van der Waals surface area contributed by atoms with Gasteiger partial charge in [-0.2, -0.15) is 0 Å². The van der Waals surface area contributed by atoms with E-state index in [0.29, 0.717) is 11.6 Å². The zero-order valence-electron chi connectivity index (χ0n) is 17.6. The number of ether oxygens (including phenoxy) is 1. The van der Waals surface area contributed by atoms with Crippen LogP contribution < -0.4 is 4.74 Å². The molecule has 0 aliphatic rings. The number of fused-ring (bicyclic) bond motifs is 1. The summed E-state index contributed by atoms with van der Waals surface area (Å²) >= 11 is 13.9. The van der Waals surface area contributed by atoms with Crippen molar-refractivity contribution in [2.75, 3.05) is 0 Å². The highest BCUT2D eigenvalue weighted by Crippen LogP contribution is 2.32. The number of aromatic nitrogens is 2. The van der Waals surface area contributed by atoms with Crippen LogP contribution in [0.15, 0.2) is 102 Å². The second-order valence-electron chi connectivity index (χ2n) is 7.55. The van der Waals surface area contributed by atoms with E-state index < -0.39 is 0 Å². The maximum Gasteiger partial charge on any atom is 0.174 e. The van der Waals surface area contributed by atoms with Gasteiger partial charge in [0.15, 0.2) is 5.16 Å². The molecule has 1 aromatic heterocycles. The first-order chi connectivity index (χ1) is 16.2. The summed E-state index contributed by atoms with van der Waals surface area (Å²) in [6.07, 6.45) is 0. The van der Waals surface area contributed by atoms with E-state index in [2.05, 4.69) is 28.8 Å². The van der Waals surface area contributed by atoms with Crippen molar-refractivity contribution in [3.63, 3.8) is 0 Å². The van der Waals surface area contributed by atoms with Crippen molar-refractivity contribution in [1.29, 1.82) is 0 Å². The van der Waals surface area contributed by atoms with Crippen molar-refractivity contribution in [2.45, 2.75) is 17.5 Å². The summed E-state index contributed by atoms with van der Waals surface area (Å²) < 4.78 is 8.11. The van der Waals surface area contributed by atoms with Crippen molar-refractivity contribution in [3.8, 4) is 11.4 Å². The Morgan fingerprint density at radius 3 is 2.24 bits per heavy atom. The molecule has 5 rings (SSSR count). The Morgan fingerprint density at radius 2 is 1.48 bits per heavy atom. The first kappa shape index (κ1) is 21.9. The highest BCUT2D eigenvalue weighted by atomic mass is 35.5. The lowest BCUT2D eigenvalue weighted by Gasteiger charge is -2.11. The molecule has 0 amide bonds. The van der Waals surface area contributed by atoms with Gasteiger partial charge in [-0.1, -0.05) is 77.4 Å². The molecule has 5 aromatic rings. The molecule has 0 aliphatic carbocycles. The number of benzene rings is 4. The number of halogens is 2. The quantitative estimate of drug-likeness (QED) is 0.215. The number of thioether (sulfide) groups is 1. The fourth-order valence-corrected chi connectivity index (χ4v) is 4.81. The van der Waals surface area contributed by atoms with Gasteiger partial charge in [0, 0.05) is 21.5 Å². The molecule has 3 nitrogen and oxygen atoms in total. The fourth-order valence-electron chi connectivity index (χ4n) is 3.54. The fraction of sp³-hybridized carbons (Fsp3) is 0.0741. The number of imidazole rings is 1. The predicted octanol–water partition coefficient (Wildman–Crippen LogP) is 8.20. The van der Waals surface area contributed by atoms with Gasteiger partial charge in [0.1, 0.15) is 12.4 Å². The molecule has 0 radical (unpaired) electrons. The van der Waals surface area contributed by atoms with Crippen LogP contribution in [0, 0.1) is 0 Å². The number of hydrogen-bond acceptors (Lipinski definition) is 3. The first-order valence-electron chi connectivity index (χ1n) is 10.5. The molecule has 0 unspecified atom stereocenters. The highest BCUT2D eigenvalue weighted by molar-refractivity contribution is 7.98. The molecule has 164 valence electrons. The third-order valence-electron chi connectivity index (χ3n) is 5.21. The van der Waals surface area contributed by atoms with Gasteiger partial charge in [0.2, 0.25) is 0 Å². The summed E-state index contributed by atoms with van der Waals surface area (Å²) in [5.41, 5.74) is 5.22. The maximum absolute atomic E-state index is 6.24. The number of hydrogen-bond donors (Lipinski definition) is 0. The molecule has 0 saturated heterocycles. The average Bonchev–Trinajstić information content (AvgIpc) is 3.20. The van der Waals surface area contributed by atoms with Crippen LogP contribution in [0.1, 0.15) is 11.1 Å². The van der Waals surface area contributed by atoms with Crippen LogP contribution in [0.4, 0.5) is 0 Å². The lowest BCUT2D eigenvalue weighted by molar-refractivity contribution is 0.306. The van der Waals surface area contributed by atoms with E-state index in [1.807, 2.05) is 72.8 Å². The largest absolute Gasteiger partial charge is 0.489 e. The molecule has 1 heterocycles. The van der Waals surface area contributed by atoms with E-state index in [4.69, 9.17) is 32.9 Å². The van der Waals surface area contributed by atoms with Crippen molar-refractivity contribution in [1.82, 2.24) is 9.55 Å². The van der Waals surface area contributed by atoms with Gasteiger partial charge in [-0.05, 0) is 65.7 Å². The van der Waals surface area contributed by atoms with Crippen LogP contribution in [-0.4, -0.2) is 9.55 Å². The zero-order valence-corrected chi connectivity index (χ0v) is 19.9. The van der Waals surface area contributed by atoms with E-state index >= 15 is 0 Å². The predicted molar refractivity (Wildman–Crippen MR) is 138 cm³/mol. The summed E-state index contributed by atoms with van der Waals surface area (Å²) in [6, 6.07) is 32.0.